The van der Waals surface area contributed by atoms with Crippen LogP contribution in [-0.4, -0.2) is 21.2 Å². The SMILES string of the molecule is Cc1cc(C)nc(N/N=C\c2ccccn2)n1. The summed E-state index contributed by atoms with van der Waals surface area (Å²) in [7, 11) is 0. The van der Waals surface area contributed by atoms with Crippen molar-refractivity contribution in [2.75, 3.05) is 5.43 Å². The van der Waals surface area contributed by atoms with E-state index in [2.05, 4.69) is 25.5 Å². The summed E-state index contributed by atoms with van der Waals surface area (Å²) in [6, 6.07) is 7.54. The number of aryl methyl sites for hydroxylation is 2. The third kappa shape index (κ3) is 3.34. The Labute approximate surface area is 99.7 Å². The molecule has 0 bridgehead atoms. The molecule has 0 aliphatic carbocycles. The van der Waals surface area contributed by atoms with Gasteiger partial charge in [0.05, 0.1) is 11.9 Å². The molecule has 2 rings (SSSR count). The van der Waals surface area contributed by atoms with Crippen molar-refractivity contribution in [1.82, 2.24) is 15.0 Å². The number of hydrazone groups is 1. The Morgan fingerprint density at radius 2 is 1.94 bits per heavy atom. The lowest BCUT2D eigenvalue weighted by Gasteiger charge is -2.01. The van der Waals surface area contributed by atoms with Crippen LogP contribution in [0.15, 0.2) is 35.6 Å². The zero-order chi connectivity index (χ0) is 12.1. The monoisotopic (exact) mass is 227 g/mol. The van der Waals surface area contributed by atoms with Crippen LogP contribution in [0.2, 0.25) is 0 Å². The van der Waals surface area contributed by atoms with Crippen molar-refractivity contribution in [3.8, 4) is 0 Å². The van der Waals surface area contributed by atoms with Crippen molar-refractivity contribution >= 4 is 12.2 Å². The molecule has 0 amide bonds. The highest BCUT2D eigenvalue weighted by molar-refractivity contribution is 5.77. The lowest BCUT2D eigenvalue weighted by Crippen LogP contribution is -2.00. The number of anilines is 1. The minimum Gasteiger partial charge on any atom is -0.255 e. The molecule has 1 N–H and O–H groups in total. The minimum atomic E-state index is 0.495. The summed E-state index contributed by atoms with van der Waals surface area (Å²) < 4.78 is 0. The van der Waals surface area contributed by atoms with Crippen LogP contribution in [0.5, 0.6) is 0 Å². The van der Waals surface area contributed by atoms with Crippen LogP contribution in [0.4, 0.5) is 5.95 Å². The summed E-state index contributed by atoms with van der Waals surface area (Å²) in [5.74, 6) is 0.495. The van der Waals surface area contributed by atoms with E-state index in [4.69, 9.17) is 0 Å². The molecule has 0 radical (unpaired) electrons. The van der Waals surface area contributed by atoms with Gasteiger partial charge in [0.2, 0.25) is 5.95 Å². The molecule has 0 fully saturated rings. The lowest BCUT2D eigenvalue weighted by atomic mass is 10.4. The van der Waals surface area contributed by atoms with Gasteiger partial charge >= 0.3 is 0 Å². The van der Waals surface area contributed by atoms with Crippen LogP contribution in [0, 0.1) is 13.8 Å². The summed E-state index contributed by atoms with van der Waals surface area (Å²) in [4.78, 5) is 12.5. The van der Waals surface area contributed by atoms with E-state index in [0.717, 1.165) is 17.1 Å². The van der Waals surface area contributed by atoms with E-state index in [1.165, 1.54) is 0 Å². The average Bonchev–Trinajstić information content (AvgIpc) is 2.29. The van der Waals surface area contributed by atoms with Gasteiger partial charge in [-0.25, -0.2) is 15.4 Å². The highest BCUT2D eigenvalue weighted by Gasteiger charge is 1.96. The Hall–Kier alpha value is -2.30. The summed E-state index contributed by atoms with van der Waals surface area (Å²) in [6.45, 7) is 3.84. The third-order valence-electron chi connectivity index (χ3n) is 2.03. The van der Waals surface area contributed by atoms with E-state index in [0.29, 0.717) is 5.95 Å². The van der Waals surface area contributed by atoms with Crippen molar-refractivity contribution < 1.29 is 0 Å². The molecule has 0 spiro atoms. The number of pyridine rings is 1. The van der Waals surface area contributed by atoms with Gasteiger partial charge in [0.25, 0.3) is 0 Å². The van der Waals surface area contributed by atoms with E-state index >= 15 is 0 Å². The molecule has 2 aromatic rings. The Morgan fingerprint density at radius 1 is 1.18 bits per heavy atom. The molecule has 0 saturated heterocycles. The van der Waals surface area contributed by atoms with Gasteiger partial charge in [-0.15, -0.1) is 0 Å². The number of nitrogens with one attached hydrogen (secondary N) is 1. The fourth-order valence-corrected chi connectivity index (χ4v) is 1.38. The van der Waals surface area contributed by atoms with Gasteiger partial charge in [0.1, 0.15) is 0 Å². The van der Waals surface area contributed by atoms with Crippen molar-refractivity contribution in [1.29, 1.82) is 0 Å². The maximum absolute atomic E-state index is 4.21. The number of hydrogen-bond acceptors (Lipinski definition) is 5. The zero-order valence-corrected chi connectivity index (χ0v) is 9.75. The molecule has 0 unspecified atom stereocenters. The second kappa shape index (κ2) is 5.16. The Kier molecular flexibility index (Phi) is 3.40. The van der Waals surface area contributed by atoms with Gasteiger partial charge in [-0.05, 0) is 32.0 Å². The molecule has 2 aromatic heterocycles. The molecule has 0 aliphatic heterocycles. The van der Waals surface area contributed by atoms with Gasteiger partial charge in [0, 0.05) is 17.6 Å². The van der Waals surface area contributed by atoms with Crippen LogP contribution >= 0.6 is 0 Å². The van der Waals surface area contributed by atoms with Gasteiger partial charge in [-0.2, -0.15) is 5.10 Å². The predicted molar refractivity (Wildman–Crippen MR) is 67.0 cm³/mol. The molecule has 86 valence electrons. The first-order valence-corrected chi connectivity index (χ1v) is 5.26. The first-order chi connectivity index (χ1) is 8.24. The normalized spacial score (nSPS) is 10.7. The average molecular weight is 227 g/mol. The molecular weight excluding hydrogens is 214 g/mol. The Balaban J connectivity index is 2.05. The number of aromatic nitrogens is 3. The number of hydrogen-bond donors (Lipinski definition) is 1. The molecule has 2 heterocycles. The quantitative estimate of drug-likeness (QED) is 0.643. The molecule has 0 atom stereocenters. The van der Waals surface area contributed by atoms with Crippen molar-refractivity contribution in [2.45, 2.75) is 13.8 Å². The fourth-order valence-electron chi connectivity index (χ4n) is 1.38. The van der Waals surface area contributed by atoms with Crippen LogP contribution in [0.1, 0.15) is 17.1 Å². The van der Waals surface area contributed by atoms with Crippen LogP contribution in [0.3, 0.4) is 0 Å². The molecule has 5 heteroatoms. The maximum Gasteiger partial charge on any atom is 0.243 e. The second-order valence-electron chi connectivity index (χ2n) is 3.60. The van der Waals surface area contributed by atoms with Gasteiger partial charge in [-0.1, -0.05) is 6.07 Å². The van der Waals surface area contributed by atoms with Crippen LogP contribution in [0.25, 0.3) is 0 Å². The van der Waals surface area contributed by atoms with Crippen molar-refractivity contribution in [3.63, 3.8) is 0 Å². The summed E-state index contributed by atoms with van der Waals surface area (Å²) in [5.41, 5.74) is 5.38. The van der Waals surface area contributed by atoms with Gasteiger partial charge in [-0.3, -0.25) is 4.98 Å². The summed E-state index contributed by atoms with van der Waals surface area (Å²) in [5, 5.41) is 4.03. The van der Waals surface area contributed by atoms with Gasteiger partial charge < -0.3 is 0 Å². The van der Waals surface area contributed by atoms with E-state index in [-0.39, 0.29) is 0 Å². The Morgan fingerprint density at radius 3 is 2.59 bits per heavy atom. The van der Waals surface area contributed by atoms with E-state index in [1.807, 2.05) is 38.1 Å². The molecular formula is C12H13N5. The summed E-state index contributed by atoms with van der Waals surface area (Å²) in [6.07, 6.45) is 3.34. The topological polar surface area (TPSA) is 63.1 Å². The van der Waals surface area contributed by atoms with Gasteiger partial charge in [0.15, 0.2) is 0 Å². The van der Waals surface area contributed by atoms with E-state index < -0.39 is 0 Å². The third-order valence-corrected chi connectivity index (χ3v) is 2.03. The molecule has 5 nitrogen and oxygen atoms in total. The van der Waals surface area contributed by atoms with E-state index in [9.17, 15) is 0 Å². The smallest absolute Gasteiger partial charge is 0.243 e. The van der Waals surface area contributed by atoms with Crippen molar-refractivity contribution in [3.05, 3.63) is 47.5 Å². The first-order valence-electron chi connectivity index (χ1n) is 5.26. The molecule has 0 aromatic carbocycles. The lowest BCUT2D eigenvalue weighted by molar-refractivity contribution is 1.03. The van der Waals surface area contributed by atoms with Crippen molar-refractivity contribution in [2.24, 2.45) is 5.10 Å². The highest BCUT2D eigenvalue weighted by atomic mass is 15.3. The number of rotatable bonds is 3. The Bertz CT molecular complexity index is 501. The minimum absolute atomic E-state index is 0.495. The van der Waals surface area contributed by atoms with E-state index in [1.54, 1.807) is 12.4 Å². The first kappa shape index (κ1) is 11.2. The standard InChI is InChI=1S/C12H13N5/c1-9-7-10(2)16-12(15-9)17-14-8-11-5-3-4-6-13-11/h3-8H,1-2H3,(H,15,16,17)/b14-8-. The molecule has 0 aliphatic rings. The highest BCUT2D eigenvalue weighted by Crippen LogP contribution is 2.03. The molecule has 0 saturated carbocycles. The maximum atomic E-state index is 4.21. The number of nitrogens with zero attached hydrogens (tertiary/aromatic N) is 4. The molecule has 17 heavy (non-hydrogen) atoms. The largest absolute Gasteiger partial charge is 0.255 e. The zero-order valence-electron chi connectivity index (χ0n) is 9.75. The predicted octanol–water partition coefficient (Wildman–Crippen LogP) is 1.93. The second-order valence-corrected chi connectivity index (χ2v) is 3.60. The van der Waals surface area contributed by atoms with Crippen LogP contribution in [-0.2, 0) is 0 Å². The van der Waals surface area contributed by atoms with Crippen LogP contribution < -0.4 is 5.43 Å². The fraction of sp³-hybridized carbons (Fsp3) is 0.167. The summed E-state index contributed by atoms with van der Waals surface area (Å²) >= 11 is 0.